The van der Waals surface area contributed by atoms with Crippen molar-refractivity contribution in [1.29, 1.82) is 0 Å². The van der Waals surface area contributed by atoms with E-state index in [2.05, 4.69) is 65.7 Å². The molecule has 3 fully saturated rings. The molecular formula is C29H45N5OS. The Morgan fingerprint density at radius 2 is 1.72 bits per heavy atom. The van der Waals surface area contributed by atoms with Crippen molar-refractivity contribution in [2.75, 3.05) is 6.54 Å². The third kappa shape index (κ3) is 5.28. The quantitative estimate of drug-likeness (QED) is 0.446. The van der Waals surface area contributed by atoms with E-state index < -0.39 is 0 Å². The lowest BCUT2D eigenvalue weighted by molar-refractivity contribution is -0.126. The lowest BCUT2D eigenvalue weighted by Crippen LogP contribution is -2.45. The van der Waals surface area contributed by atoms with Crippen molar-refractivity contribution in [3.63, 3.8) is 0 Å². The summed E-state index contributed by atoms with van der Waals surface area (Å²) in [4.78, 5) is 18.7. The smallest absolute Gasteiger partial charge is 0.223 e. The van der Waals surface area contributed by atoms with Crippen molar-refractivity contribution in [1.82, 2.24) is 25.0 Å². The number of piperidine rings is 1. The summed E-state index contributed by atoms with van der Waals surface area (Å²) < 4.78 is 2.44. The molecule has 0 radical (unpaired) electrons. The molecule has 36 heavy (non-hydrogen) atoms. The minimum absolute atomic E-state index is 0.126. The Morgan fingerprint density at radius 3 is 2.33 bits per heavy atom. The molecule has 6 nitrogen and oxygen atoms in total. The predicted octanol–water partition coefficient (Wildman–Crippen LogP) is 6.38. The van der Waals surface area contributed by atoms with Gasteiger partial charge in [0, 0.05) is 46.3 Å². The second kappa shape index (κ2) is 10.9. The topological polar surface area (TPSA) is 63.1 Å². The van der Waals surface area contributed by atoms with E-state index in [9.17, 15) is 4.79 Å². The number of nitrogens with one attached hydrogen (secondary N) is 1. The van der Waals surface area contributed by atoms with Crippen LogP contribution in [-0.4, -0.2) is 44.2 Å². The van der Waals surface area contributed by atoms with E-state index in [-0.39, 0.29) is 17.9 Å². The number of hydrogen-bond acceptors (Lipinski definition) is 5. The fourth-order valence-corrected chi connectivity index (χ4v) is 8.17. The van der Waals surface area contributed by atoms with Gasteiger partial charge < -0.3 is 9.88 Å². The van der Waals surface area contributed by atoms with Crippen molar-refractivity contribution < 1.29 is 4.79 Å². The van der Waals surface area contributed by atoms with Gasteiger partial charge in [0.2, 0.25) is 5.91 Å². The van der Waals surface area contributed by atoms with Gasteiger partial charge in [-0.2, -0.15) is 0 Å². The zero-order valence-electron chi connectivity index (χ0n) is 22.9. The Hall–Kier alpha value is -1.73. The van der Waals surface area contributed by atoms with E-state index in [1.165, 1.54) is 60.3 Å². The Bertz CT molecular complexity index is 1020. The highest BCUT2D eigenvalue weighted by molar-refractivity contribution is 7.12. The highest BCUT2D eigenvalue weighted by Crippen LogP contribution is 2.42. The summed E-state index contributed by atoms with van der Waals surface area (Å²) in [5, 5.41) is 12.5. The number of carbonyl (C=O) groups excluding carboxylic acids is 1. The molecule has 2 saturated heterocycles. The van der Waals surface area contributed by atoms with Crippen molar-refractivity contribution >= 4 is 17.2 Å². The van der Waals surface area contributed by atoms with Crippen LogP contribution in [0.4, 0.5) is 0 Å². The summed E-state index contributed by atoms with van der Waals surface area (Å²) in [5.74, 6) is 3.09. The van der Waals surface area contributed by atoms with E-state index in [0.717, 1.165) is 37.5 Å². The van der Waals surface area contributed by atoms with E-state index in [4.69, 9.17) is 0 Å². The molecule has 2 aromatic rings. The van der Waals surface area contributed by atoms with Gasteiger partial charge in [-0.1, -0.05) is 33.1 Å². The van der Waals surface area contributed by atoms with Crippen molar-refractivity contribution in [2.45, 2.75) is 129 Å². The van der Waals surface area contributed by atoms with Crippen LogP contribution in [0, 0.1) is 26.7 Å². The van der Waals surface area contributed by atoms with Crippen LogP contribution >= 0.6 is 11.3 Å². The van der Waals surface area contributed by atoms with Gasteiger partial charge in [0.15, 0.2) is 0 Å². The first-order valence-corrected chi connectivity index (χ1v) is 15.2. The zero-order chi connectivity index (χ0) is 25.4. The molecule has 4 atom stereocenters. The Kier molecular flexibility index (Phi) is 7.87. The summed E-state index contributed by atoms with van der Waals surface area (Å²) >= 11 is 1.87. The standard InChI is InChI=1S/C29H45N5OS/c1-18(2)28-32-31-21(5)34(28)25-16-23-11-12-24(17-25)33(23)14-13-26(27-15-19(3)20(4)36-27)30-29(35)22-9-7-6-8-10-22/h15,18,22-26H,6-14,16-17H2,1-5H3,(H,30,35)/t23-,24+,25-,26-/m0/s1. The molecule has 4 heterocycles. The van der Waals surface area contributed by atoms with Gasteiger partial charge in [-0.3, -0.25) is 9.69 Å². The highest BCUT2D eigenvalue weighted by Gasteiger charge is 2.42. The van der Waals surface area contributed by atoms with Crippen LogP contribution in [0.5, 0.6) is 0 Å². The Morgan fingerprint density at radius 1 is 1.03 bits per heavy atom. The van der Waals surface area contributed by atoms with Crippen LogP contribution < -0.4 is 5.32 Å². The summed E-state index contributed by atoms with van der Waals surface area (Å²) in [6, 6.07) is 4.20. The summed E-state index contributed by atoms with van der Waals surface area (Å²) in [6.07, 6.45) is 11.7. The Labute approximate surface area is 221 Å². The Balaban J connectivity index is 1.27. The van der Waals surface area contributed by atoms with Gasteiger partial charge in [-0.15, -0.1) is 21.5 Å². The van der Waals surface area contributed by atoms with Crippen molar-refractivity contribution in [2.24, 2.45) is 5.92 Å². The fourth-order valence-electron chi connectivity index (χ4n) is 7.04. The first kappa shape index (κ1) is 25.9. The number of rotatable bonds is 8. The highest BCUT2D eigenvalue weighted by atomic mass is 32.1. The van der Waals surface area contributed by atoms with Gasteiger partial charge in [-0.05, 0) is 77.3 Å². The van der Waals surface area contributed by atoms with Gasteiger partial charge in [-0.25, -0.2) is 0 Å². The van der Waals surface area contributed by atoms with Crippen molar-refractivity contribution in [3.05, 3.63) is 33.0 Å². The van der Waals surface area contributed by atoms with Gasteiger partial charge in [0.05, 0.1) is 6.04 Å². The summed E-state index contributed by atoms with van der Waals surface area (Å²) in [7, 11) is 0. The molecule has 1 amide bonds. The molecule has 3 aliphatic rings. The number of thiophene rings is 1. The molecule has 2 aliphatic heterocycles. The number of aryl methyl sites for hydroxylation is 3. The van der Waals surface area contributed by atoms with Crippen LogP contribution in [0.3, 0.4) is 0 Å². The van der Waals surface area contributed by atoms with Crippen LogP contribution in [0.25, 0.3) is 0 Å². The summed E-state index contributed by atoms with van der Waals surface area (Å²) in [5.41, 5.74) is 1.35. The molecule has 2 aromatic heterocycles. The van der Waals surface area contributed by atoms with Gasteiger partial charge in [0.1, 0.15) is 11.6 Å². The van der Waals surface area contributed by atoms with E-state index in [1.807, 2.05) is 11.3 Å². The van der Waals surface area contributed by atoms with E-state index in [0.29, 0.717) is 24.0 Å². The van der Waals surface area contributed by atoms with Crippen LogP contribution in [0.2, 0.25) is 0 Å². The fraction of sp³-hybridized carbons (Fsp3) is 0.759. The molecular weight excluding hydrogens is 466 g/mol. The first-order valence-electron chi connectivity index (χ1n) is 14.4. The lowest BCUT2D eigenvalue weighted by atomic mass is 9.88. The molecule has 1 saturated carbocycles. The molecule has 0 spiro atoms. The SMILES string of the molecule is Cc1cc([C@H](CCN2[C@@H]3CC[C@H]2C[C@H](n2c(C)nnc2C(C)C)C3)NC(=O)C2CCCCC2)sc1C. The minimum atomic E-state index is 0.126. The van der Waals surface area contributed by atoms with Crippen LogP contribution in [0.15, 0.2) is 6.07 Å². The predicted molar refractivity (Wildman–Crippen MR) is 147 cm³/mol. The average Bonchev–Trinajstić information content (AvgIpc) is 3.49. The van der Waals surface area contributed by atoms with Crippen molar-refractivity contribution in [3.8, 4) is 0 Å². The molecule has 1 aliphatic carbocycles. The number of aromatic nitrogens is 3. The normalized spacial score (nSPS) is 26.0. The van der Waals surface area contributed by atoms with Crippen LogP contribution in [-0.2, 0) is 4.79 Å². The maximum absolute atomic E-state index is 13.2. The second-order valence-corrected chi connectivity index (χ2v) is 13.2. The third-order valence-electron chi connectivity index (χ3n) is 9.13. The maximum Gasteiger partial charge on any atom is 0.223 e. The molecule has 5 rings (SSSR count). The number of hydrogen-bond donors (Lipinski definition) is 1. The number of nitrogens with zero attached hydrogens (tertiary/aromatic N) is 4. The lowest BCUT2D eigenvalue weighted by Gasteiger charge is -2.40. The summed E-state index contributed by atoms with van der Waals surface area (Å²) in [6.45, 7) is 12.0. The molecule has 7 heteroatoms. The van der Waals surface area contributed by atoms with E-state index in [1.54, 1.807) is 0 Å². The number of carbonyl (C=O) groups is 1. The molecule has 0 unspecified atom stereocenters. The second-order valence-electron chi connectivity index (χ2n) is 12.0. The maximum atomic E-state index is 13.2. The largest absolute Gasteiger partial charge is 0.348 e. The molecule has 1 N–H and O–H groups in total. The number of amides is 1. The molecule has 2 bridgehead atoms. The zero-order valence-corrected chi connectivity index (χ0v) is 23.7. The monoisotopic (exact) mass is 511 g/mol. The average molecular weight is 512 g/mol. The van der Waals surface area contributed by atoms with Gasteiger partial charge in [0.25, 0.3) is 0 Å². The van der Waals surface area contributed by atoms with Gasteiger partial charge >= 0.3 is 0 Å². The number of fused-ring (bicyclic) bond motifs is 2. The van der Waals surface area contributed by atoms with Crippen LogP contribution in [0.1, 0.15) is 123 Å². The van der Waals surface area contributed by atoms with E-state index >= 15 is 0 Å². The molecule has 0 aromatic carbocycles. The first-order chi connectivity index (χ1) is 17.3. The minimum Gasteiger partial charge on any atom is -0.348 e. The molecule has 198 valence electrons. The third-order valence-corrected chi connectivity index (χ3v) is 10.4.